The second-order valence-corrected chi connectivity index (χ2v) is 9.00. The first-order valence-electron chi connectivity index (χ1n) is 8.19. The van der Waals surface area contributed by atoms with Gasteiger partial charge in [0.05, 0.1) is 11.5 Å². The van der Waals surface area contributed by atoms with E-state index in [1.165, 1.54) is 16.2 Å². The van der Waals surface area contributed by atoms with Crippen molar-refractivity contribution >= 4 is 34.5 Å². The van der Waals surface area contributed by atoms with Gasteiger partial charge in [-0.3, -0.25) is 15.1 Å². The lowest BCUT2D eigenvalue weighted by molar-refractivity contribution is -0.136. The molecule has 0 aromatic carbocycles. The van der Waals surface area contributed by atoms with Crippen LogP contribution in [0.5, 0.6) is 0 Å². The molecule has 1 saturated heterocycles. The van der Waals surface area contributed by atoms with Gasteiger partial charge in [0, 0.05) is 21.7 Å². The maximum Gasteiger partial charge on any atom is 0.235 e. The van der Waals surface area contributed by atoms with E-state index in [4.69, 9.17) is 10.7 Å². The molecular formula is C18H18N4OS2. The third kappa shape index (κ3) is 2.57. The summed E-state index contributed by atoms with van der Waals surface area (Å²) in [7, 11) is 1.67. The largest absolute Gasteiger partial charge is 0.345 e. The van der Waals surface area contributed by atoms with Crippen LogP contribution in [0.15, 0.2) is 24.3 Å². The summed E-state index contributed by atoms with van der Waals surface area (Å²) in [6, 6.07) is 10.1. The van der Waals surface area contributed by atoms with Crippen molar-refractivity contribution in [2.75, 3.05) is 7.05 Å². The Morgan fingerprint density at radius 3 is 2.60 bits per heavy atom. The monoisotopic (exact) mass is 370 g/mol. The highest BCUT2D eigenvalue weighted by Crippen LogP contribution is 2.50. The number of guanidine groups is 1. The van der Waals surface area contributed by atoms with E-state index < -0.39 is 5.54 Å². The van der Waals surface area contributed by atoms with Gasteiger partial charge >= 0.3 is 0 Å². The van der Waals surface area contributed by atoms with Crippen LogP contribution in [0.1, 0.15) is 29.5 Å². The summed E-state index contributed by atoms with van der Waals surface area (Å²) >= 11 is 3.12. The smallest absolute Gasteiger partial charge is 0.235 e. The normalized spacial score (nSPS) is 26.4. The minimum absolute atomic E-state index is 0.0339. The molecule has 0 spiro atoms. The maximum atomic E-state index is 12.8. The summed E-state index contributed by atoms with van der Waals surface area (Å²) in [5.41, 5.74) is -0.555. The molecule has 1 aliphatic carbocycles. The number of hydrogen-bond donors (Lipinski definition) is 2. The third-order valence-electron chi connectivity index (χ3n) is 5.10. The summed E-state index contributed by atoms with van der Waals surface area (Å²) < 4.78 is 0. The molecule has 1 unspecified atom stereocenters. The van der Waals surface area contributed by atoms with Gasteiger partial charge in [-0.05, 0) is 49.9 Å². The molecule has 0 bridgehead atoms. The van der Waals surface area contributed by atoms with Gasteiger partial charge in [-0.1, -0.05) is 0 Å². The molecular weight excluding hydrogens is 352 g/mol. The predicted molar refractivity (Wildman–Crippen MR) is 99.5 cm³/mol. The molecule has 128 valence electrons. The van der Waals surface area contributed by atoms with Gasteiger partial charge in [0.1, 0.15) is 10.9 Å². The first-order valence-corrected chi connectivity index (χ1v) is 9.82. The van der Waals surface area contributed by atoms with Crippen molar-refractivity contribution in [2.45, 2.75) is 25.3 Å². The molecule has 2 atom stereocenters. The van der Waals surface area contributed by atoms with Crippen molar-refractivity contribution in [3.8, 4) is 15.8 Å². The summed E-state index contributed by atoms with van der Waals surface area (Å²) in [6.45, 7) is 2.04. The average molecular weight is 371 g/mol. The SMILES string of the molecule is CN1C(=N)N[C@](C)(c2ccc(-c3ccc(C#N)s3)s2)C(C2CC2)C1=O. The number of carbonyl (C=O) groups excluding carboxylic acids is 1. The number of nitrogens with zero attached hydrogens (tertiary/aromatic N) is 2. The molecule has 7 heteroatoms. The maximum absolute atomic E-state index is 12.8. The first kappa shape index (κ1) is 16.3. The van der Waals surface area contributed by atoms with Gasteiger partial charge in [0.2, 0.25) is 5.91 Å². The van der Waals surface area contributed by atoms with E-state index in [1.54, 1.807) is 18.4 Å². The summed E-state index contributed by atoms with van der Waals surface area (Å²) in [5.74, 6) is 0.433. The zero-order valence-electron chi connectivity index (χ0n) is 14.0. The van der Waals surface area contributed by atoms with E-state index in [9.17, 15) is 4.79 Å². The molecule has 4 rings (SSSR count). The van der Waals surface area contributed by atoms with Crippen molar-refractivity contribution < 1.29 is 4.79 Å². The molecule has 5 nitrogen and oxygen atoms in total. The van der Waals surface area contributed by atoms with Crippen LogP contribution in [0.3, 0.4) is 0 Å². The van der Waals surface area contributed by atoms with E-state index in [0.29, 0.717) is 10.8 Å². The Hall–Kier alpha value is -2.17. The molecule has 3 heterocycles. The number of nitrogens with one attached hydrogen (secondary N) is 2. The van der Waals surface area contributed by atoms with Gasteiger partial charge in [-0.25, -0.2) is 0 Å². The van der Waals surface area contributed by atoms with Crippen molar-refractivity contribution in [2.24, 2.45) is 11.8 Å². The number of thiophene rings is 2. The highest BCUT2D eigenvalue weighted by molar-refractivity contribution is 7.22. The van der Waals surface area contributed by atoms with Gasteiger partial charge in [0.15, 0.2) is 5.96 Å². The molecule has 2 aliphatic rings. The minimum Gasteiger partial charge on any atom is -0.345 e. The Morgan fingerprint density at radius 1 is 1.28 bits per heavy atom. The van der Waals surface area contributed by atoms with Crippen molar-refractivity contribution in [1.29, 1.82) is 10.7 Å². The Bertz CT molecular complexity index is 904. The Morgan fingerprint density at radius 2 is 1.96 bits per heavy atom. The third-order valence-corrected chi connectivity index (χ3v) is 7.61. The highest BCUT2D eigenvalue weighted by atomic mass is 32.1. The first-order chi connectivity index (χ1) is 11.9. The van der Waals surface area contributed by atoms with Crippen LogP contribution in [0.2, 0.25) is 0 Å². The van der Waals surface area contributed by atoms with E-state index in [2.05, 4.69) is 23.5 Å². The van der Waals surface area contributed by atoms with Crippen LogP contribution in [0.4, 0.5) is 0 Å². The summed E-state index contributed by atoms with van der Waals surface area (Å²) in [6.07, 6.45) is 2.15. The van der Waals surface area contributed by atoms with Gasteiger partial charge in [0.25, 0.3) is 0 Å². The van der Waals surface area contributed by atoms with Gasteiger partial charge < -0.3 is 5.32 Å². The molecule has 1 saturated carbocycles. The van der Waals surface area contributed by atoms with E-state index in [1.807, 2.05) is 19.1 Å². The van der Waals surface area contributed by atoms with Crippen LogP contribution in [-0.4, -0.2) is 23.8 Å². The second-order valence-electron chi connectivity index (χ2n) is 6.83. The molecule has 25 heavy (non-hydrogen) atoms. The van der Waals surface area contributed by atoms with Crippen LogP contribution < -0.4 is 5.32 Å². The lowest BCUT2D eigenvalue weighted by atomic mass is 9.78. The second kappa shape index (κ2) is 5.68. The molecule has 1 aliphatic heterocycles. The molecule has 2 fully saturated rings. The molecule has 2 aromatic rings. The Kier molecular flexibility index (Phi) is 3.71. The fourth-order valence-electron chi connectivity index (χ4n) is 3.57. The van der Waals surface area contributed by atoms with Crippen molar-refractivity contribution in [1.82, 2.24) is 10.2 Å². The predicted octanol–water partition coefficient (Wildman–Crippen LogP) is 3.59. The standard InChI is InChI=1S/C18H18N4OS2/c1-18(15(10-3-4-10)16(23)22(2)17(20)21-18)14-8-7-13(25-14)12-6-5-11(9-19)24-12/h5-8,10,15H,3-4H2,1-2H3,(H2,20,21)/t15?,18-/m1/s1. The van der Waals surface area contributed by atoms with Gasteiger partial charge in [-0.15, -0.1) is 22.7 Å². The fraction of sp³-hybridized carbons (Fsp3) is 0.389. The number of hydrogen-bond acceptors (Lipinski definition) is 5. The molecule has 2 aromatic heterocycles. The number of rotatable bonds is 3. The summed E-state index contributed by atoms with van der Waals surface area (Å²) in [5, 5.41) is 20.5. The van der Waals surface area contributed by atoms with E-state index in [0.717, 1.165) is 27.5 Å². The quantitative estimate of drug-likeness (QED) is 0.866. The Labute approximate surface area is 154 Å². The highest BCUT2D eigenvalue weighted by Gasteiger charge is 2.54. The van der Waals surface area contributed by atoms with E-state index >= 15 is 0 Å². The molecule has 0 radical (unpaired) electrons. The molecule has 2 N–H and O–H groups in total. The fourth-order valence-corrected chi connectivity index (χ4v) is 5.61. The topological polar surface area (TPSA) is 80.0 Å². The van der Waals surface area contributed by atoms with Crippen LogP contribution in [0, 0.1) is 28.6 Å². The van der Waals surface area contributed by atoms with Crippen molar-refractivity contribution in [3.63, 3.8) is 0 Å². The average Bonchev–Trinajstić information content (AvgIpc) is 3.11. The van der Waals surface area contributed by atoms with Crippen LogP contribution >= 0.6 is 22.7 Å². The zero-order chi connectivity index (χ0) is 17.8. The Balaban J connectivity index is 1.73. The molecule has 1 amide bonds. The lowest BCUT2D eigenvalue weighted by Gasteiger charge is -2.45. The van der Waals surface area contributed by atoms with Gasteiger partial charge in [-0.2, -0.15) is 5.26 Å². The van der Waals surface area contributed by atoms with Crippen LogP contribution in [-0.2, 0) is 10.3 Å². The van der Waals surface area contributed by atoms with Crippen LogP contribution in [0.25, 0.3) is 9.75 Å². The van der Waals surface area contributed by atoms with E-state index in [-0.39, 0.29) is 17.8 Å². The lowest BCUT2D eigenvalue weighted by Crippen LogP contribution is -2.64. The number of carbonyl (C=O) groups is 1. The minimum atomic E-state index is -0.555. The zero-order valence-corrected chi connectivity index (χ0v) is 15.6. The van der Waals surface area contributed by atoms with Crippen molar-refractivity contribution in [3.05, 3.63) is 34.0 Å². The number of amides is 1. The summed E-state index contributed by atoms with van der Waals surface area (Å²) in [4.78, 5) is 18.2. The number of nitriles is 1.